The zero-order valence-corrected chi connectivity index (χ0v) is 14.9. The van der Waals surface area contributed by atoms with Gasteiger partial charge >= 0.3 is 0 Å². The number of amides is 1. The van der Waals surface area contributed by atoms with Crippen molar-refractivity contribution in [2.75, 3.05) is 18.4 Å². The van der Waals surface area contributed by atoms with Gasteiger partial charge in [0.2, 0.25) is 5.91 Å². The average molecular weight is 369 g/mol. The fraction of sp³-hybridized carbons (Fsp3) is 0.412. The van der Waals surface area contributed by atoms with E-state index in [2.05, 4.69) is 15.7 Å². The largest absolute Gasteiger partial charge is 0.326 e. The molecule has 1 aliphatic heterocycles. The molecular weight excluding hydrogens is 347 g/mol. The minimum atomic E-state index is 0. The summed E-state index contributed by atoms with van der Waals surface area (Å²) in [7, 11) is 0. The van der Waals surface area contributed by atoms with Gasteiger partial charge in [0.25, 0.3) is 0 Å². The summed E-state index contributed by atoms with van der Waals surface area (Å²) in [5, 5.41) is 11.0. The van der Waals surface area contributed by atoms with E-state index in [1.165, 1.54) is 0 Å². The van der Waals surface area contributed by atoms with Crippen LogP contribution in [0.5, 0.6) is 0 Å². The van der Waals surface area contributed by atoms with Crippen LogP contribution in [-0.2, 0) is 4.79 Å². The quantitative estimate of drug-likeness (QED) is 0.846. The Bertz CT molecular complexity index is 655. The van der Waals surface area contributed by atoms with Gasteiger partial charge in [-0.1, -0.05) is 11.6 Å². The molecule has 1 aromatic carbocycles. The molecule has 2 N–H and O–H groups in total. The Morgan fingerprint density at radius 2 is 2.17 bits per heavy atom. The number of rotatable bonds is 5. The van der Waals surface area contributed by atoms with Crippen molar-refractivity contribution < 1.29 is 4.79 Å². The second kappa shape index (κ2) is 9.06. The summed E-state index contributed by atoms with van der Waals surface area (Å²) in [5.41, 5.74) is 1.52. The van der Waals surface area contributed by atoms with Crippen molar-refractivity contribution in [3.63, 3.8) is 0 Å². The number of hydrogen-bond donors (Lipinski definition) is 2. The minimum Gasteiger partial charge on any atom is -0.326 e. The molecule has 1 aliphatic rings. The number of anilines is 1. The Morgan fingerprint density at radius 3 is 2.83 bits per heavy atom. The number of piperidine rings is 1. The molecule has 0 saturated carbocycles. The summed E-state index contributed by atoms with van der Waals surface area (Å²) in [6, 6.07) is 7.32. The number of benzene rings is 1. The van der Waals surface area contributed by atoms with E-state index in [1.54, 1.807) is 16.9 Å². The van der Waals surface area contributed by atoms with Gasteiger partial charge in [-0.25, -0.2) is 4.68 Å². The molecule has 5 nitrogen and oxygen atoms in total. The van der Waals surface area contributed by atoms with Gasteiger partial charge in [-0.2, -0.15) is 5.10 Å². The van der Waals surface area contributed by atoms with Gasteiger partial charge in [0.15, 0.2) is 0 Å². The van der Waals surface area contributed by atoms with Gasteiger partial charge in [-0.3, -0.25) is 4.79 Å². The van der Waals surface area contributed by atoms with Gasteiger partial charge in [0.1, 0.15) is 0 Å². The maximum Gasteiger partial charge on any atom is 0.224 e. The van der Waals surface area contributed by atoms with E-state index in [4.69, 9.17) is 11.6 Å². The van der Waals surface area contributed by atoms with Gasteiger partial charge in [-0.05, 0) is 62.5 Å². The number of carbonyl (C=O) groups excluding carboxylic acids is 1. The molecule has 0 spiro atoms. The second-order valence-electron chi connectivity index (χ2n) is 5.90. The number of halogens is 2. The zero-order valence-electron chi connectivity index (χ0n) is 13.4. The third-order valence-corrected chi connectivity index (χ3v) is 4.52. The Kier molecular flexibility index (Phi) is 7.09. The molecule has 0 bridgehead atoms. The van der Waals surface area contributed by atoms with Crippen LogP contribution in [0.3, 0.4) is 0 Å². The van der Waals surface area contributed by atoms with E-state index < -0.39 is 0 Å². The van der Waals surface area contributed by atoms with E-state index in [-0.39, 0.29) is 18.3 Å². The van der Waals surface area contributed by atoms with E-state index in [9.17, 15) is 4.79 Å². The number of nitrogens with one attached hydrogen (secondary N) is 2. The topological polar surface area (TPSA) is 59.0 Å². The normalized spacial score (nSPS) is 14.9. The van der Waals surface area contributed by atoms with Crippen LogP contribution in [0.4, 0.5) is 5.69 Å². The number of carbonyl (C=O) groups is 1. The van der Waals surface area contributed by atoms with Crippen molar-refractivity contribution in [3.05, 3.63) is 41.7 Å². The summed E-state index contributed by atoms with van der Waals surface area (Å²) in [5.74, 6) is 0.708. The van der Waals surface area contributed by atoms with Crippen LogP contribution in [0.2, 0.25) is 5.02 Å². The molecule has 0 aliphatic carbocycles. The van der Waals surface area contributed by atoms with Crippen LogP contribution in [-0.4, -0.2) is 28.8 Å². The van der Waals surface area contributed by atoms with Crippen LogP contribution in [0, 0.1) is 5.92 Å². The van der Waals surface area contributed by atoms with Crippen molar-refractivity contribution in [1.29, 1.82) is 0 Å². The van der Waals surface area contributed by atoms with Gasteiger partial charge in [0.05, 0.1) is 10.7 Å². The Hall–Kier alpha value is -1.56. The fourth-order valence-corrected chi connectivity index (χ4v) is 3.18. The molecule has 1 aromatic heterocycles. The minimum absolute atomic E-state index is 0. The highest BCUT2D eigenvalue weighted by Crippen LogP contribution is 2.24. The smallest absolute Gasteiger partial charge is 0.224 e. The molecule has 1 amide bonds. The molecule has 2 aromatic rings. The summed E-state index contributed by atoms with van der Waals surface area (Å²) in [6.07, 6.45) is 7.37. The molecule has 1 saturated heterocycles. The first kappa shape index (κ1) is 18.8. The van der Waals surface area contributed by atoms with E-state index in [1.807, 2.05) is 24.4 Å². The van der Waals surface area contributed by atoms with Crippen LogP contribution in [0.1, 0.15) is 25.7 Å². The lowest BCUT2D eigenvalue weighted by atomic mass is 9.93. The average Bonchev–Trinajstić information content (AvgIpc) is 3.08. The molecule has 2 heterocycles. The fourth-order valence-electron chi connectivity index (χ4n) is 2.91. The zero-order chi connectivity index (χ0) is 16.1. The van der Waals surface area contributed by atoms with Crippen molar-refractivity contribution in [3.8, 4) is 5.69 Å². The van der Waals surface area contributed by atoms with Gasteiger partial charge in [0, 0.05) is 24.5 Å². The Balaban J connectivity index is 0.00000208. The molecule has 0 radical (unpaired) electrons. The molecule has 0 unspecified atom stereocenters. The summed E-state index contributed by atoms with van der Waals surface area (Å²) >= 11 is 6.28. The van der Waals surface area contributed by atoms with E-state index in [0.29, 0.717) is 17.4 Å². The molecule has 130 valence electrons. The van der Waals surface area contributed by atoms with Crippen LogP contribution >= 0.6 is 24.0 Å². The predicted molar refractivity (Wildman–Crippen MR) is 99.3 cm³/mol. The van der Waals surface area contributed by atoms with Crippen molar-refractivity contribution in [2.45, 2.75) is 25.7 Å². The Labute approximate surface area is 153 Å². The third-order valence-electron chi connectivity index (χ3n) is 4.22. The van der Waals surface area contributed by atoms with Crippen LogP contribution in [0.15, 0.2) is 36.7 Å². The summed E-state index contributed by atoms with van der Waals surface area (Å²) < 4.78 is 1.70. The molecule has 7 heteroatoms. The standard InChI is InChI=1S/C17H21ClN4O.ClH/c18-15-12-14(3-4-16(15)22-11-1-8-20-22)21-17(23)5-2-13-6-9-19-10-7-13;/h1,3-4,8,11-13,19H,2,5-7,9-10H2,(H,21,23);1H. The highest BCUT2D eigenvalue weighted by molar-refractivity contribution is 6.32. The lowest BCUT2D eigenvalue weighted by Gasteiger charge is -2.22. The molecule has 24 heavy (non-hydrogen) atoms. The lowest BCUT2D eigenvalue weighted by molar-refractivity contribution is -0.116. The Morgan fingerprint density at radius 1 is 1.38 bits per heavy atom. The van der Waals surface area contributed by atoms with Crippen LogP contribution in [0.25, 0.3) is 5.69 Å². The first-order chi connectivity index (χ1) is 11.2. The number of hydrogen-bond acceptors (Lipinski definition) is 3. The van der Waals surface area contributed by atoms with Crippen molar-refractivity contribution >= 4 is 35.6 Å². The SMILES string of the molecule is Cl.O=C(CCC1CCNCC1)Nc1ccc(-n2cccn2)c(Cl)c1. The number of aromatic nitrogens is 2. The maximum absolute atomic E-state index is 12.1. The van der Waals surface area contributed by atoms with E-state index in [0.717, 1.165) is 43.7 Å². The van der Waals surface area contributed by atoms with Crippen LogP contribution < -0.4 is 10.6 Å². The molecule has 3 rings (SSSR count). The summed E-state index contributed by atoms with van der Waals surface area (Å²) in [4.78, 5) is 12.1. The molecule has 1 fully saturated rings. The van der Waals surface area contributed by atoms with Gasteiger partial charge in [-0.15, -0.1) is 12.4 Å². The highest BCUT2D eigenvalue weighted by atomic mass is 35.5. The third kappa shape index (κ3) is 4.97. The van der Waals surface area contributed by atoms with Crippen molar-refractivity contribution in [2.24, 2.45) is 5.92 Å². The summed E-state index contributed by atoms with van der Waals surface area (Å²) in [6.45, 7) is 2.13. The lowest BCUT2D eigenvalue weighted by Crippen LogP contribution is -2.28. The number of nitrogens with zero attached hydrogens (tertiary/aromatic N) is 2. The maximum atomic E-state index is 12.1. The second-order valence-corrected chi connectivity index (χ2v) is 6.30. The monoisotopic (exact) mass is 368 g/mol. The first-order valence-electron chi connectivity index (χ1n) is 8.02. The van der Waals surface area contributed by atoms with Gasteiger partial charge < -0.3 is 10.6 Å². The van der Waals surface area contributed by atoms with E-state index >= 15 is 0 Å². The molecule has 0 atom stereocenters. The predicted octanol–water partition coefficient (Wildman–Crippen LogP) is 3.67. The van der Waals surface area contributed by atoms with Crippen molar-refractivity contribution in [1.82, 2.24) is 15.1 Å². The first-order valence-corrected chi connectivity index (χ1v) is 8.40. The molecular formula is C17H22Cl2N4O. The highest BCUT2D eigenvalue weighted by Gasteiger charge is 2.14.